The van der Waals surface area contributed by atoms with Crippen molar-refractivity contribution in [3.05, 3.63) is 17.0 Å². The van der Waals surface area contributed by atoms with Crippen LogP contribution in [-0.2, 0) is 0 Å². The van der Waals surface area contributed by atoms with E-state index in [1.165, 1.54) is 12.8 Å². The van der Waals surface area contributed by atoms with Crippen LogP contribution in [0.15, 0.2) is 6.20 Å². The number of hydrogen-bond acceptors (Lipinski definition) is 3. The molecule has 0 aliphatic carbocycles. The van der Waals surface area contributed by atoms with Crippen LogP contribution in [0, 0.1) is 6.92 Å². The molecule has 0 saturated heterocycles. The molecule has 0 bridgehead atoms. The molecule has 4 heteroatoms. The fourth-order valence-corrected chi connectivity index (χ4v) is 1.92. The number of hydrogen-bond donors (Lipinski definition) is 0. The molecule has 0 aliphatic heterocycles. The molecule has 1 rings (SSSR count). The monoisotopic (exact) mass is 255 g/mol. The molecule has 3 nitrogen and oxygen atoms in total. The van der Waals surface area contributed by atoms with Gasteiger partial charge in [0.1, 0.15) is 5.82 Å². The van der Waals surface area contributed by atoms with E-state index in [0.29, 0.717) is 11.3 Å². The Morgan fingerprint density at radius 3 is 2.71 bits per heavy atom. The van der Waals surface area contributed by atoms with Gasteiger partial charge >= 0.3 is 0 Å². The Morgan fingerprint density at radius 2 is 2.12 bits per heavy atom. The molecule has 0 amide bonds. The number of rotatable bonds is 6. The van der Waals surface area contributed by atoms with Crippen molar-refractivity contribution in [2.75, 3.05) is 11.4 Å². The lowest BCUT2D eigenvalue weighted by Crippen LogP contribution is -2.34. The van der Waals surface area contributed by atoms with Gasteiger partial charge in [0, 0.05) is 24.3 Å². The number of unbranched alkanes of at least 4 members (excludes halogenated alkanes) is 1. The fourth-order valence-electron chi connectivity index (χ4n) is 1.79. The zero-order chi connectivity index (χ0) is 12.8. The van der Waals surface area contributed by atoms with Gasteiger partial charge in [0.15, 0.2) is 0 Å². The maximum Gasteiger partial charge on any atom is 0.224 e. The normalized spacial score (nSPS) is 12.5. The van der Waals surface area contributed by atoms with E-state index < -0.39 is 0 Å². The van der Waals surface area contributed by atoms with Crippen molar-refractivity contribution in [3.63, 3.8) is 0 Å². The molecule has 1 heterocycles. The standard InChI is InChI=1S/C13H22ClN3/c1-5-7-8-17(11(4)6-2)12-10(3)9-15-13(14)16-12/h9,11H,5-8H2,1-4H3. The summed E-state index contributed by atoms with van der Waals surface area (Å²) >= 11 is 5.89. The Bertz CT molecular complexity index is 355. The Morgan fingerprint density at radius 1 is 1.41 bits per heavy atom. The van der Waals surface area contributed by atoms with Gasteiger partial charge in [-0.2, -0.15) is 0 Å². The fraction of sp³-hybridized carbons (Fsp3) is 0.692. The smallest absolute Gasteiger partial charge is 0.224 e. The van der Waals surface area contributed by atoms with Gasteiger partial charge in [0.25, 0.3) is 0 Å². The Hall–Kier alpha value is -0.830. The first kappa shape index (κ1) is 14.2. The largest absolute Gasteiger partial charge is 0.354 e. The van der Waals surface area contributed by atoms with E-state index in [4.69, 9.17) is 11.6 Å². The van der Waals surface area contributed by atoms with Crippen molar-refractivity contribution in [1.29, 1.82) is 0 Å². The summed E-state index contributed by atoms with van der Waals surface area (Å²) in [6.45, 7) is 9.69. The van der Waals surface area contributed by atoms with E-state index in [0.717, 1.165) is 24.3 Å². The van der Waals surface area contributed by atoms with Crippen molar-refractivity contribution < 1.29 is 0 Å². The van der Waals surface area contributed by atoms with E-state index in [9.17, 15) is 0 Å². The molecule has 0 radical (unpaired) electrons. The molecule has 1 unspecified atom stereocenters. The van der Waals surface area contributed by atoms with E-state index in [-0.39, 0.29) is 0 Å². The lowest BCUT2D eigenvalue weighted by Gasteiger charge is -2.30. The van der Waals surface area contributed by atoms with E-state index in [1.807, 2.05) is 6.92 Å². The number of aromatic nitrogens is 2. The minimum absolute atomic E-state index is 0.329. The number of halogens is 1. The maximum atomic E-state index is 5.89. The molecular formula is C13H22ClN3. The lowest BCUT2D eigenvalue weighted by molar-refractivity contribution is 0.587. The van der Waals surface area contributed by atoms with Gasteiger partial charge in [0.2, 0.25) is 5.28 Å². The highest BCUT2D eigenvalue weighted by atomic mass is 35.5. The summed E-state index contributed by atoms with van der Waals surface area (Å²) in [5.74, 6) is 0.979. The van der Waals surface area contributed by atoms with Crippen LogP contribution in [0.3, 0.4) is 0 Å². The van der Waals surface area contributed by atoms with Crippen LogP contribution in [-0.4, -0.2) is 22.6 Å². The van der Waals surface area contributed by atoms with Crippen LogP contribution in [0.1, 0.15) is 45.6 Å². The number of aryl methyl sites for hydroxylation is 1. The summed E-state index contributed by atoms with van der Waals surface area (Å²) in [6.07, 6.45) is 5.26. The maximum absolute atomic E-state index is 5.89. The van der Waals surface area contributed by atoms with Gasteiger partial charge in [-0.3, -0.25) is 0 Å². The van der Waals surface area contributed by atoms with Crippen LogP contribution in [0.25, 0.3) is 0 Å². The highest BCUT2D eigenvalue weighted by Gasteiger charge is 2.16. The van der Waals surface area contributed by atoms with E-state index >= 15 is 0 Å². The zero-order valence-electron chi connectivity index (χ0n) is 11.2. The lowest BCUT2D eigenvalue weighted by atomic mass is 10.1. The summed E-state index contributed by atoms with van der Waals surface area (Å²) in [7, 11) is 0. The van der Waals surface area contributed by atoms with Crippen molar-refractivity contribution in [2.45, 2.75) is 53.0 Å². The van der Waals surface area contributed by atoms with E-state index in [2.05, 4.69) is 35.6 Å². The van der Waals surface area contributed by atoms with Gasteiger partial charge in [-0.25, -0.2) is 9.97 Å². The Labute approximate surface area is 109 Å². The molecule has 1 atom stereocenters. The van der Waals surface area contributed by atoms with Gasteiger partial charge in [-0.05, 0) is 38.3 Å². The molecule has 96 valence electrons. The molecule has 17 heavy (non-hydrogen) atoms. The van der Waals surface area contributed by atoms with Crippen LogP contribution in [0.4, 0.5) is 5.82 Å². The number of nitrogens with zero attached hydrogens (tertiary/aromatic N) is 3. The Balaban J connectivity index is 2.98. The summed E-state index contributed by atoms with van der Waals surface area (Å²) in [4.78, 5) is 10.7. The number of anilines is 1. The summed E-state index contributed by atoms with van der Waals surface area (Å²) in [5, 5.41) is 0.329. The summed E-state index contributed by atoms with van der Waals surface area (Å²) in [5.41, 5.74) is 1.09. The minimum atomic E-state index is 0.329. The van der Waals surface area contributed by atoms with E-state index in [1.54, 1.807) is 6.20 Å². The van der Waals surface area contributed by atoms with Gasteiger partial charge in [-0.1, -0.05) is 20.3 Å². The average Bonchev–Trinajstić information content (AvgIpc) is 2.33. The van der Waals surface area contributed by atoms with Gasteiger partial charge in [0.05, 0.1) is 0 Å². The van der Waals surface area contributed by atoms with Gasteiger partial charge in [-0.15, -0.1) is 0 Å². The van der Waals surface area contributed by atoms with Crippen LogP contribution < -0.4 is 4.90 Å². The first-order valence-electron chi connectivity index (χ1n) is 6.35. The highest BCUT2D eigenvalue weighted by molar-refractivity contribution is 6.28. The molecule has 1 aromatic heterocycles. The van der Waals surface area contributed by atoms with Crippen molar-refractivity contribution in [1.82, 2.24) is 9.97 Å². The SMILES string of the molecule is CCCCN(c1nc(Cl)ncc1C)C(C)CC. The second-order valence-electron chi connectivity index (χ2n) is 4.45. The van der Waals surface area contributed by atoms with Crippen molar-refractivity contribution in [2.24, 2.45) is 0 Å². The molecule has 0 fully saturated rings. The van der Waals surface area contributed by atoms with Crippen molar-refractivity contribution in [3.8, 4) is 0 Å². The Kier molecular flexibility index (Phi) is 5.69. The molecular weight excluding hydrogens is 234 g/mol. The molecule has 1 aromatic rings. The molecule has 0 spiro atoms. The third-order valence-electron chi connectivity index (χ3n) is 3.06. The predicted molar refractivity (Wildman–Crippen MR) is 73.8 cm³/mol. The highest BCUT2D eigenvalue weighted by Crippen LogP contribution is 2.22. The first-order chi connectivity index (χ1) is 8.10. The first-order valence-corrected chi connectivity index (χ1v) is 6.73. The predicted octanol–water partition coefficient (Wildman–Crippen LogP) is 3.84. The molecule has 0 saturated carbocycles. The third kappa shape index (κ3) is 3.84. The quantitative estimate of drug-likeness (QED) is 0.723. The van der Waals surface area contributed by atoms with Crippen LogP contribution in [0.5, 0.6) is 0 Å². The zero-order valence-corrected chi connectivity index (χ0v) is 12.0. The van der Waals surface area contributed by atoms with Crippen LogP contribution in [0.2, 0.25) is 5.28 Å². The molecule has 0 aliphatic rings. The average molecular weight is 256 g/mol. The topological polar surface area (TPSA) is 29.0 Å². The molecule has 0 N–H and O–H groups in total. The summed E-state index contributed by atoms with van der Waals surface area (Å²) < 4.78 is 0. The minimum Gasteiger partial charge on any atom is -0.354 e. The van der Waals surface area contributed by atoms with Crippen LogP contribution >= 0.6 is 11.6 Å². The van der Waals surface area contributed by atoms with Crippen molar-refractivity contribution >= 4 is 17.4 Å². The molecule has 0 aromatic carbocycles. The second-order valence-corrected chi connectivity index (χ2v) is 4.79. The third-order valence-corrected chi connectivity index (χ3v) is 3.25. The summed E-state index contributed by atoms with van der Waals surface area (Å²) in [6, 6.07) is 0.478. The second kappa shape index (κ2) is 6.80. The van der Waals surface area contributed by atoms with Gasteiger partial charge < -0.3 is 4.90 Å².